The highest BCUT2D eigenvalue weighted by molar-refractivity contribution is 8.18. The largest absolute Gasteiger partial charge is 0.293 e. The van der Waals surface area contributed by atoms with Gasteiger partial charge in [0.2, 0.25) is 15.1 Å². The Balaban J connectivity index is 1.55. The van der Waals surface area contributed by atoms with E-state index in [1.165, 1.54) is 10.6 Å². The van der Waals surface area contributed by atoms with Crippen molar-refractivity contribution in [3.05, 3.63) is 52.8 Å². The maximum atomic E-state index is 12.0. The number of carbonyl (C=O) groups excluding carboxylic acids is 2. The highest BCUT2D eigenvalue weighted by atomic mass is 32.2. The molecule has 0 unspecified atom stereocenters. The third-order valence-corrected chi connectivity index (χ3v) is 7.21. The molecule has 0 amide bonds. The van der Waals surface area contributed by atoms with Crippen molar-refractivity contribution in [3.63, 3.8) is 0 Å². The predicted molar refractivity (Wildman–Crippen MR) is 115 cm³/mol. The molecule has 1 aromatic carbocycles. The molecule has 2 aliphatic heterocycles. The molecular weight excluding hydrogens is 424 g/mol. The zero-order valence-electron chi connectivity index (χ0n) is 15.9. The number of carbonyl (C=O) groups is 2. The summed E-state index contributed by atoms with van der Waals surface area (Å²) >= 11 is 0.949. The lowest BCUT2D eigenvalue weighted by Crippen LogP contribution is -2.27. The number of rotatable bonds is 3. The molecule has 1 fully saturated rings. The average Bonchev–Trinajstić information content (AvgIpc) is 3.37. The smallest absolute Gasteiger partial charge is 0.232 e. The molecule has 5 rings (SSSR count). The standard InChI is InChI=1S/C20H16N4O4S2/c1-30(27,28)24-7-6-12-8-14(3-5-16(12)24)23-11-21-15-4-2-13(22-20(15)23)9-18-17(25)10-19(26)29-18/h2-5,8-9,11H,6-7,10H2,1H3/b18-9-. The van der Waals surface area contributed by atoms with E-state index in [9.17, 15) is 18.0 Å². The van der Waals surface area contributed by atoms with Crippen molar-refractivity contribution in [2.75, 3.05) is 17.1 Å². The molecule has 8 nitrogen and oxygen atoms in total. The molecule has 0 aliphatic carbocycles. The molecule has 4 heterocycles. The van der Waals surface area contributed by atoms with Gasteiger partial charge in [0.15, 0.2) is 11.4 Å². The Labute approximate surface area is 176 Å². The Morgan fingerprint density at radius 2 is 2.00 bits per heavy atom. The number of allylic oxidation sites excluding steroid dienone is 1. The van der Waals surface area contributed by atoms with Crippen LogP contribution >= 0.6 is 11.8 Å². The van der Waals surface area contributed by atoms with Crippen LogP contribution < -0.4 is 4.31 Å². The first-order chi connectivity index (χ1) is 14.3. The monoisotopic (exact) mass is 440 g/mol. The second-order valence-electron chi connectivity index (χ2n) is 7.17. The summed E-state index contributed by atoms with van der Waals surface area (Å²) in [5.74, 6) is -0.186. The molecule has 0 saturated carbocycles. The van der Waals surface area contributed by atoms with E-state index in [0.29, 0.717) is 40.4 Å². The maximum absolute atomic E-state index is 12.0. The summed E-state index contributed by atoms with van der Waals surface area (Å²) in [5, 5.41) is -0.154. The average molecular weight is 441 g/mol. The lowest BCUT2D eigenvalue weighted by atomic mass is 10.1. The van der Waals surface area contributed by atoms with E-state index in [1.54, 1.807) is 24.5 Å². The molecule has 10 heteroatoms. The van der Waals surface area contributed by atoms with Crippen LogP contribution in [0.25, 0.3) is 22.9 Å². The van der Waals surface area contributed by atoms with E-state index in [2.05, 4.69) is 9.97 Å². The Morgan fingerprint density at radius 1 is 1.17 bits per heavy atom. The van der Waals surface area contributed by atoms with Crippen LogP contribution in [0.5, 0.6) is 0 Å². The van der Waals surface area contributed by atoms with E-state index >= 15 is 0 Å². The first kappa shape index (κ1) is 19.0. The summed E-state index contributed by atoms with van der Waals surface area (Å²) in [6.07, 6.45) is 5.07. The van der Waals surface area contributed by atoms with Crippen molar-refractivity contribution < 1.29 is 18.0 Å². The van der Waals surface area contributed by atoms with Crippen molar-refractivity contribution in [1.82, 2.24) is 14.5 Å². The molecule has 2 aromatic heterocycles. The van der Waals surface area contributed by atoms with Crippen molar-refractivity contribution in [2.45, 2.75) is 12.8 Å². The molecule has 30 heavy (non-hydrogen) atoms. The fourth-order valence-electron chi connectivity index (χ4n) is 3.71. The topological polar surface area (TPSA) is 102 Å². The van der Waals surface area contributed by atoms with Crippen molar-refractivity contribution in [2.24, 2.45) is 0 Å². The van der Waals surface area contributed by atoms with Crippen LogP contribution in [0, 0.1) is 0 Å². The number of ketones is 1. The van der Waals surface area contributed by atoms with Gasteiger partial charge in [0.1, 0.15) is 11.8 Å². The molecule has 2 aliphatic rings. The van der Waals surface area contributed by atoms with Gasteiger partial charge in [-0.3, -0.25) is 18.5 Å². The van der Waals surface area contributed by atoms with Gasteiger partial charge in [0, 0.05) is 12.2 Å². The second-order valence-corrected chi connectivity index (χ2v) is 10.2. The zero-order chi connectivity index (χ0) is 21.0. The lowest BCUT2D eigenvalue weighted by molar-refractivity contribution is -0.119. The highest BCUT2D eigenvalue weighted by Gasteiger charge is 2.27. The minimum atomic E-state index is -3.30. The number of fused-ring (bicyclic) bond motifs is 2. The van der Waals surface area contributed by atoms with Crippen molar-refractivity contribution in [3.8, 4) is 5.69 Å². The van der Waals surface area contributed by atoms with E-state index < -0.39 is 10.0 Å². The third-order valence-electron chi connectivity index (χ3n) is 5.09. The maximum Gasteiger partial charge on any atom is 0.232 e. The molecule has 0 atom stereocenters. The fourth-order valence-corrected chi connectivity index (χ4v) is 5.48. The predicted octanol–water partition coefficient (Wildman–Crippen LogP) is 2.32. The van der Waals surface area contributed by atoms with E-state index in [0.717, 1.165) is 23.0 Å². The fraction of sp³-hybridized carbons (Fsp3) is 0.200. The van der Waals surface area contributed by atoms with Crippen molar-refractivity contribution >= 4 is 55.6 Å². The van der Waals surface area contributed by atoms with Crippen molar-refractivity contribution in [1.29, 1.82) is 0 Å². The number of hydrogen-bond donors (Lipinski definition) is 0. The molecular formula is C20H16N4O4S2. The molecule has 0 spiro atoms. The van der Waals surface area contributed by atoms with Crippen LogP contribution in [0.4, 0.5) is 5.69 Å². The minimum Gasteiger partial charge on any atom is -0.293 e. The van der Waals surface area contributed by atoms with Crippen LogP contribution in [-0.2, 0) is 26.0 Å². The number of anilines is 1. The van der Waals surface area contributed by atoms with Crippen LogP contribution in [-0.4, -0.2) is 46.7 Å². The Morgan fingerprint density at radius 3 is 2.73 bits per heavy atom. The van der Waals surface area contributed by atoms with Crippen LogP contribution in [0.2, 0.25) is 0 Å². The number of sulfonamides is 1. The van der Waals surface area contributed by atoms with Gasteiger partial charge in [0.25, 0.3) is 0 Å². The number of thioether (sulfide) groups is 1. The summed E-state index contributed by atoms with van der Waals surface area (Å²) in [6.45, 7) is 0.433. The molecule has 1 saturated heterocycles. The molecule has 0 bridgehead atoms. The van der Waals surface area contributed by atoms with Crippen LogP contribution in [0.3, 0.4) is 0 Å². The lowest BCUT2D eigenvalue weighted by Gasteiger charge is -2.16. The first-order valence-corrected chi connectivity index (χ1v) is 11.9. The molecule has 152 valence electrons. The second kappa shape index (κ2) is 6.78. The third kappa shape index (κ3) is 3.21. The van der Waals surface area contributed by atoms with Gasteiger partial charge in [-0.05, 0) is 60.2 Å². The summed E-state index contributed by atoms with van der Waals surface area (Å²) in [6, 6.07) is 9.16. The van der Waals surface area contributed by atoms with Gasteiger partial charge < -0.3 is 0 Å². The number of hydrogen-bond acceptors (Lipinski definition) is 7. The number of nitrogens with zero attached hydrogens (tertiary/aromatic N) is 4. The number of imidazole rings is 1. The van der Waals surface area contributed by atoms with E-state index in [-0.39, 0.29) is 17.3 Å². The van der Waals surface area contributed by atoms with Gasteiger partial charge in [0.05, 0.1) is 29.0 Å². The zero-order valence-corrected chi connectivity index (χ0v) is 17.5. The number of aromatic nitrogens is 3. The van der Waals surface area contributed by atoms with Gasteiger partial charge >= 0.3 is 0 Å². The normalized spacial score (nSPS) is 18.0. The van der Waals surface area contributed by atoms with Gasteiger partial charge in [-0.2, -0.15) is 0 Å². The van der Waals surface area contributed by atoms with Gasteiger partial charge in [-0.25, -0.2) is 18.4 Å². The van der Waals surface area contributed by atoms with E-state index in [1.807, 2.05) is 22.8 Å². The molecule has 0 radical (unpaired) electrons. The molecule has 3 aromatic rings. The molecule has 0 N–H and O–H groups in total. The number of benzene rings is 1. The van der Waals surface area contributed by atoms with Crippen LogP contribution in [0.15, 0.2) is 41.6 Å². The number of Topliss-reactive ketones (excluding diaryl/α,β-unsaturated/α-hetero) is 1. The Kier molecular flexibility index (Phi) is 4.30. The van der Waals surface area contributed by atoms with Gasteiger partial charge in [-0.1, -0.05) is 0 Å². The SMILES string of the molecule is CS(=O)(=O)N1CCc2cc(-n3cnc4ccc(/C=C5\SC(=O)CC5=O)nc43)ccc21. The summed E-state index contributed by atoms with van der Waals surface area (Å²) in [5.41, 5.74) is 4.35. The van der Waals surface area contributed by atoms with Gasteiger partial charge in [-0.15, -0.1) is 0 Å². The van der Waals surface area contributed by atoms with Crippen LogP contribution in [0.1, 0.15) is 17.7 Å². The highest BCUT2D eigenvalue weighted by Crippen LogP contribution is 2.33. The quantitative estimate of drug-likeness (QED) is 0.455. The minimum absolute atomic E-state index is 0.0731. The summed E-state index contributed by atoms with van der Waals surface area (Å²) in [7, 11) is -3.30. The summed E-state index contributed by atoms with van der Waals surface area (Å²) in [4.78, 5) is 32.8. The number of pyridine rings is 1. The summed E-state index contributed by atoms with van der Waals surface area (Å²) < 4.78 is 27.2. The Hall–Kier alpha value is -2.98. The van der Waals surface area contributed by atoms with E-state index in [4.69, 9.17) is 0 Å². The first-order valence-electron chi connectivity index (χ1n) is 9.20. The Bertz CT molecular complexity index is 1370.